The van der Waals surface area contributed by atoms with Crippen LogP contribution >= 0.6 is 11.6 Å². The summed E-state index contributed by atoms with van der Waals surface area (Å²) in [7, 11) is -1.12. The molecule has 1 unspecified atom stereocenters. The lowest BCUT2D eigenvalue weighted by atomic mass is 9.97. The van der Waals surface area contributed by atoms with E-state index >= 15 is 0 Å². The molecule has 0 radical (unpaired) electrons. The van der Waals surface area contributed by atoms with Crippen LogP contribution in [0.25, 0.3) is 0 Å². The van der Waals surface area contributed by atoms with E-state index in [0.717, 1.165) is 30.6 Å². The summed E-state index contributed by atoms with van der Waals surface area (Å²) in [4.78, 5) is 0.760. The van der Waals surface area contributed by atoms with Gasteiger partial charge < -0.3 is 5.11 Å². The number of hydrogen-bond acceptors (Lipinski definition) is 2. The Balaban J connectivity index is 2.14. The van der Waals surface area contributed by atoms with Gasteiger partial charge in [-0.1, -0.05) is 24.4 Å². The molecule has 1 aliphatic rings. The Morgan fingerprint density at radius 1 is 1.19 bits per heavy atom. The fourth-order valence-electron chi connectivity index (χ4n) is 2.07. The van der Waals surface area contributed by atoms with Crippen LogP contribution in [0.4, 0.5) is 0 Å². The molecule has 1 fully saturated rings. The minimum absolute atomic E-state index is 0.116. The summed E-state index contributed by atoms with van der Waals surface area (Å²) in [5.41, 5.74) is 0. The monoisotopic (exact) mass is 258 g/mol. The molecule has 2 nitrogen and oxygen atoms in total. The molecule has 1 saturated carbocycles. The molecule has 4 heteroatoms. The first kappa shape index (κ1) is 12.1. The predicted octanol–water partition coefficient (Wildman–Crippen LogP) is 2.75. The molecular formula is C12H15ClO2S. The number of halogens is 1. The van der Waals surface area contributed by atoms with Crippen molar-refractivity contribution < 1.29 is 9.32 Å². The highest BCUT2D eigenvalue weighted by atomic mass is 35.5. The van der Waals surface area contributed by atoms with Gasteiger partial charge in [-0.3, -0.25) is 4.21 Å². The fraction of sp³-hybridized carbons (Fsp3) is 0.500. The second-order valence-electron chi connectivity index (χ2n) is 4.14. The molecule has 0 aromatic heterocycles. The van der Waals surface area contributed by atoms with Gasteiger partial charge in [0.15, 0.2) is 0 Å². The molecule has 0 heterocycles. The van der Waals surface area contributed by atoms with Crippen LogP contribution in [-0.4, -0.2) is 20.7 Å². The Hall–Kier alpha value is -0.380. The molecule has 1 aliphatic carbocycles. The van der Waals surface area contributed by atoms with E-state index in [1.54, 1.807) is 24.3 Å². The molecule has 1 aromatic carbocycles. The lowest BCUT2D eigenvalue weighted by molar-refractivity contribution is 0.135. The van der Waals surface area contributed by atoms with E-state index in [0.29, 0.717) is 5.02 Å². The SMILES string of the molecule is O=S(c1ccc(Cl)cc1)[C@@H]1CCCC[C@H]1O. The van der Waals surface area contributed by atoms with E-state index in [4.69, 9.17) is 11.6 Å². The first-order chi connectivity index (χ1) is 7.68. The maximum atomic E-state index is 12.2. The quantitative estimate of drug-likeness (QED) is 0.886. The average Bonchev–Trinajstić information content (AvgIpc) is 2.30. The number of aliphatic hydroxyl groups excluding tert-OH is 1. The summed E-state index contributed by atoms with van der Waals surface area (Å²) < 4.78 is 12.2. The third-order valence-electron chi connectivity index (χ3n) is 2.99. The normalized spacial score (nSPS) is 27.6. The molecule has 3 atom stereocenters. The predicted molar refractivity (Wildman–Crippen MR) is 66.1 cm³/mol. The minimum atomic E-state index is -1.12. The molecule has 1 N–H and O–H groups in total. The van der Waals surface area contributed by atoms with Crippen molar-refractivity contribution in [2.75, 3.05) is 0 Å². The van der Waals surface area contributed by atoms with Crippen LogP contribution in [0.15, 0.2) is 29.2 Å². The van der Waals surface area contributed by atoms with Gasteiger partial charge in [0.2, 0.25) is 0 Å². The zero-order valence-electron chi connectivity index (χ0n) is 8.93. The van der Waals surface area contributed by atoms with E-state index in [9.17, 15) is 9.32 Å². The highest BCUT2D eigenvalue weighted by Crippen LogP contribution is 2.26. The number of aliphatic hydroxyl groups is 1. The van der Waals surface area contributed by atoms with Gasteiger partial charge in [0, 0.05) is 9.92 Å². The highest BCUT2D eigenvalue weighted by molar-refractivity contribution is 7.85. The van der Waals surface area contributed by atoms with Crippen LogP contribution in [0, 0.1) is 0 Å². The molecule has 0 saturated heterocycles. The summed E-state index contributed by atoms with van der Waals surface area (Å²) in [6.07, 6.45) is 3.28. The van der Waals surface area contributed by atoms with E-state index in [-0.39, 0.29) is 5.25 Å². The maximum Gasteiger partial charge on any atom is 0.0687 e. The standard InChI is InChI=1S/C12H15ClO2S/c13-9-5-7-10(8-6-9)16(15)12-4-2-1-3-11(12)14/h5-8,11-12,14H,1-4H2/t11-,12-,16?/m1/s1. The Bertz CT molecular complexity index is 377. The van der Waals surface area contributed by atoms with Crippen LogP contribution in [-0.2, 0) is 10.8 Å². The van der Waals surface area contributed by atoms with Crippen molar-refractivity contribution in [3.05, 3.63) is 29.3 Å². The van der Waals surface area contributed by atoms with Gasteiger partial charge in [0.05, 0.1) is 22.2 Å². The fourth-order valence-corrected chi connectivity index (χ4v) is 3.75. The second kappa shape index (κ2) is 5.30. The minimum Gasteiger partial charge on any atom is -0.392 e. The topological polar surface area (TPSA) is 37.3 Å². The second-order valence-corrected chi connectivity index (χ2v) is 6.25. The number of rotatable bonds is 2. The highest BCUT2D eigenvalue weighted by Gasteiger charge is 2.28. The molecule has 0 amide bonds. The third kappa shape index (κ3) is 2.65. The van der Waals surface area contributed by atoms with Gasteiger partial charge in [-0.25, -0.2) is 0 Å². The lowest BCUT2D eigenvalue weighted by Gasteiger charge is -2.26. The van der Waals surface area contributed by atoms with Crippen molar-refractivity contribution in [2.45, 2.75) is 41.9 Å². The van der Waals surface area contributed by atoms with Crippen molar-refractivity contribution in [3.8, 4) is 0 Å². The third-order valence-corrected chi connectivity index (χ3v) is 5.08. The van der Waals surface area contributed by atoms with Crippen LogP contribution in [0.3, 0.4) is 0 Å². The summed E-state index contributed by atoms with van der Waals surface area (Å²) in [5, 5.41) is 10.4. The van der Waals surface area contributed by atoms with E-state index in [1.165, 1.54) is 0 Å². The zero-order valence-corrected chi connectivity index (χ0v) is 10.5. The molecule has 0 spiro atoms. The summed E-state index contributed by atoms with van der Waals surface area (Å²) in [6.45, 7) is 0. The van der Waals surface area contributed by atoms with Crippen molar-refractivity contribution in [2.24, 2.45) is 0 Å². The summed E-state index contributed by atoms with van der Waals surface area (Å²) in [6, 6.07) is 7.04. The van der Waals surface area contributed by atoms with Gasteiger partial charge in [0.25, 0.3) is 0 Å². The molecule has 0 aliphatic heterocycles. The van der Waals surface area contributed by atoms with E-state index < -0.39 is 16.9 Å². The average molecular weight is 259 g/mol. The first-order valence-corrected chi connectivity index (χ1v) is 7.12. The summed E-state index contributed by atoms with van der Waals surface area (Å²) in [5.74, 6) is 0. The van der Waals surface area contributed by atoms with Gasteiger partial charge in [-0.05, 0) is 37.1 Å². The van der Waals surface area contributed by atoms with Crippen LogP contribution in [0.5, 0.6) is 0 Å². The molecule has 88 valence electrons. The van der Waals surface area contributed by atoms with Gasteiger partial charge >= 0.3 is 0 Å². The van der Waals surface area contributed by atoms with Crippen LogP contribution in [0.1, 0.15) is 25.7 Å². The molecule has 1 aromatic rings. The Morgan fingerprint density at radius 2 is 1.81 bits per heavy atom. The van der Waals surface area contributed by atoms with Crippen LogP contribution < -0.4 is 0 Å². The smallest absolute Gasteiger partial charge is 0.0687 e. The molecule has 2 rings (SSSR count). The Labute approximate surface area is 103 Å². The van der Waals surface area contributed by atoms with Gasteiger partial charge in [0.1, 0.15) is 0 Å². The van der Waals surface area contributed by atoms with Crippen LogP contribution in [0.2, 0.25) is 5.02 Å². The van der Waals surface area contributed by atoms with E-state index in [1.807, 2.05) is 0 Å². The van der Waals surface area contributed by atoms with Gasteiger partial charge in [-0.15, -0.1) is 0 Å². The van der Waals surface area contributed by atoms with Gasteiger partial charge in [-0.2, -0.15) is 0 Å². The molecule has 16 heavy (non-hydrogen) atoms. The van der Waals surface area contributed by atoms with E-state index in [2.05, 4.69) is 0 Å². The zero-order chi connectivity index (χ0) is 11.5. The van der Waals surface area contributed by atoms with Crippen molar-refractivity contribution in [1.29, 1.82) is 0 Å². The first-order valence-electron chi connectivity index (χ1n) is 5.52. The molecular weight excluding hydrogens is 244 g/mol. The summed E-state index contributed by atoms with van der Waals surface area (Å²) >= 11 is 5.78. The Kier molecular flexibility index (Phi) is 4.00. The lowest BCUT2D eigenvalue weighted by Crippen LogP contribution is -2.33. The molecule has 0 bridgehead atoms. The number of hydrogen-bond donors (Lipinski definition) is 1. The largest absolute Gasteiger partial charge is 0.392 e. The van der Waals surface area contributed by atoms with Crippen molar-refractivity contribution in [1.82, 2.24) is 0 Å². The Morgan fingerprint density at radius 3 is 2.44 bits per heavy atom. The van der Waals surface area contributed by atoms with Crippen molar-refractivity contribution >= 4 is 22.4 Å². The van der Waals surface area contributed by atoms with Crippen molar-refractivity contribution in [3.63, 3.8) is 0 Å². The maximum absolute atomic E-state index is 12.2. The number of benzene rings is 1.